The predicted octanol–water partition coefficient (Wildman–Crippen LogP) is 3.06. The molecule has 0 radical (unpaired) electrons. The average molecular weight is 283 g/mol. The maximum Gasteiger partial charge on any atom is 0.157 e. The Morgan fingerprint density at radius 1 is 1.15 bits per heavy atom. The van der Waals surface area contributed by atoms with Crippen molar-refractivity contribution in [2.24, 2.45) is 4.99 Å². The summed E-state index contributed by atoms with van der Waals surface area (Å²) in [4.78, 5) is 8.70. The minimum atomic E-state index is 0.456. The summed E-state index contributed by atoms with van der Waals surface area (Å²) >= 11 is 1.82. The summed E-state index contributed by atoms with van der Waals surface area (Å²) < 4.78 is 0. The Labute approximate surface area is 123 Å². The Morgan fingerprint density at radius 2 is 2.05 bits per heavy atom. The zero-order valence-corrected chi connectivity index (χ0v) is 12.0. The molecule has 0 amide bonds. The molecule has 1 aliphatic rings. The molecule has 1 aliphatic heterocycles. The van der Waals surface area contributed by atoms with Gasteiger partial charge in [-0.05, 0) is 23.6 Å². The fraction of sp³-hybridized carbons (Fsp3) is 0.250. The number of hydrogen-bond acceptors (Lipinski definition) is 4. The normalized spacial score (nSPS) is 17.8. The van der Waals surface area contributed by atoms with E-state index >= 15 is 0 Å². The van der Waals surface area contributed by atoms with Crippen molar-refractivity contribution in [1.82, 2.24) is 10.3 Å². The van der Waals surface area contributed by atoms with Crippen LogP contribution in [-0.2, 0) is 6.42 Å². The standard InChI is InChI=1S/C16H17N3S/c1-2-6-14(7-3-1)15-12-19-16(20-15)18-10-8-13-5-4-9-17-11-13/h1-7,9,11,15H,8,10,12H2,(H,18,19). The average Bonchev–Trinajstić information content (AvgIpc) is 2.98. The molecule has 3 nitrogen and oxygen atoms in total. The molecule has 0 aliphatic carbocycles. The summed E-state index contributed by atoms with van der Waals surface area (Å²) in [6, 6.07) is 14.6. The van der Waals surface area contributed by atoms with Crippen LogP contribution in [0, 0.1) is 0 Å². The van der Waals surface area contributed by atoms with E-state index in [9.17, 15) is 0 Å². The number of aliphatic imine (C=N–C) groups is 1. The van der Waals surface area contributed by atoms with Gasteiger partial charge in [-0.3, -0.25) is 9.98 Å². The molecule has 0 spiro atoms. The van der Waals surface area contributed by atoms with Gasteiger partial charge in [0.1, 0.15) is 0 Å². The number of amidine groups is 1. The van der Waals surface area contributed by atoms with Crippen molar-refractivity contribution < 1.29 is 0 Å². The van der Waals surface area contributed by atoms with E-state index in [1.165, 1.54) is 11.1 Å². The Hall–Kier alpha value is -1.81. The zero-order chi connectivity index (χ0) is 13.6. The highest BCUT2D eigenvalue weighted by Crippen LogP contribution is 2.33. The lowest BCUT2D eigenvalue weighted by molar-refractivity contribution is 0.865. The number of hydrogen-bond donors (Lipinski definition) is 1. The third-order valence-corrected chi connectivity index (χ3v) is 4.44. The Balaban J connectivity index is 1.46. The summed E-state index contributed by atoms with van der Waals surface area (Å²) in [6.45, 7) is 1.77. The van der Waals surface area contributed by atoms with Gasteiger partial charge < -0.3 is 5.32 Å². The van der Waals surface area contributed by atoms with Crippen LogP contribution in [0.3, 0.4) is 0 Å². The largest absolute Gasteiger partial charge is 0.365 e. The molecule has 2 aromatic rings. The highest BCUT2D eigenvalue weighted by Gasteiger charge is 2.20. The van der Waals surface area contributed by atoms with Crippen LogP contribution < -0.4 is 5.32 Å². The number of pyridine rings is 1. The van der Waals surface area contributed by atoms with Crippen molar-refractivity contribution in [1.29, 1.82) is 0 Å². The second kappa shape index (κ2) is 6.57. The molecule has 1 aromatic heterocycles. The summed E-state index contributed by atoms with van der Waals surface area (Å²) in [6.07, 6.45) is 4.69. The summed E-state index contributed by atoms with van der Waals surface area (Å²) in [7, 11) is 0. The van der Waals surface area contributed by atoms with Gasteiger partial charge >= 0.3 is 0 Å². The quantitative estimate of drug-likeness (QED) is 0.937. The fourth-order valence-electron chi connectivity index (χ4n) is 2.17. The predicted molar refractivity (Wildman–Crippen MR) is 85.0 cm³/mol. The third-order valence-electron chi connectivity index (χ3n) is 3.24. The topological polar surface area (TPSA) is 37.3 Å². The lowest BCUT2D eigenvalue weighted by Crippen LogP contribution is -2.21. The van der Waals surface area contributed by atoms with Crippen molar-refractivity contribution >= 4 is 16.9 Å². The van der Waals surface area contributed by atoms with Gasteiger partial charge in [0.05, 0.1) is 11.8 Å². The van der Waals surface area contributed by atoms with Crippen molar-refractivity contribution in [2.75, 3.05) is 13.1 Å². The summed E-state index contributed by atoms with van der Waals surface area (Å²) in [5.41, 5.74) is 2.61. The van der Waals surface area contributed by atoms with Crippen LogP contribution in [0.1, 0.15) is 16.4 Å². The van der Waals surface area contributed by atoms with E-state index in [1.807, 2.05) is 24.0 Å². The molecule has 1 N–H and O–H groups in total. The van der Waals surface area contributed by atoms with E-state index in [-0.39, 0.29) is 0 Å². The van der Waals surface area contributed by atoms with Gasteiger partial charge in [-0.25, -0.2) is 0 Å². The highest BCUT2D eigenvalue weighted by molar-refractivity contribution is 8.14. The molecule has 1 aromatic carbocycles. The number of benzene rings is 1. The van der Waals surface area contributed by atoms with Crippen LogP contribution in [0.2, 0.25) is 0 Å². The van der Waals surface area contributed by atoms with Crippen molar-refractivity contribution in [3.8, 4) is 0 Å². The lowest BCUT2D eigenvalue weighted by Gasteiger charge is -2.09. The maximum absolute atomic E-state index is 4.58. The number of nitrogens with one attached hydrogen (secondary N) is 1. The molecule has 1 atom stereocenters. The molecule has 1 unspecified atom stereocenters. The molecule has 20 heavy (non-hydrogen) atoms. The minimum Gasteiger partial charge on any atom is -0.365 e. The molecule has 0 saturated heterocycles. The number of aromatic nitrogens is 1. The molecular formula is C16H17N3S. The molecule has 2 heterocycles. The van der Waals surface area contributed by atoms with Gasteiger partial charge in [0.25, 0.3) is 0 Å². The molecule has 4 heteroatoms. The van der Waals surface area contributed by atoms with Crippen LogP contribution in [0.15, 0.2) is 59.9 Å². The first-order valence-electron chi connectivity index (χ1n) is 6.80. The fourth-order valence-corrected chi connectivity index (χ4v) is 3.22. The second-order valence-corrected chi connectivity index (χ2v) is 5.89. The second-order valence-electron chi connectivity index (χ2n) is 4.70. The minimum absolute atomic E-state index is 0.456. The molecule has 0 fully saturated rings. The molecule has 0 bridgehead atoms. The Kier molecular flexibility index (Phi) is 4.33. The first kappa shape index (κ1) is 13.2. The molecular weight excluding hydrogens is 266 g/mol. The first-order valence-corrected chi connectivity index (χ1v) is 7.68. The van der Waals surface area contributed by atoms with E-state index in [1.54, 1.807) is 6.20 Å². The molecule has 102 valence electrons. The van der Waals surface area contributed by atoms with Gasteiger partial charge in [-0.1, -0.05) is 48.2 Å². The van der Waals surface area contributed by atoms with Crippen molar-refractivity contribution in [2.45, 2.75) is 11.7 Å². The third kappa shape index (κ3) is 3.39. The van der Waals surface area contributed by atoms with Gasteiger partial charge in [0, 0.05) is 18.9 Å². The monoisotopic (exact) mass is 283 g/mol. The first-order chi connectivity index (χ1) is 9.92. The summed E-state index contributed by atoms with van der Waals surface area (Å²) in [5, 5.41) is 4.93. The van der Waals surface area contributed by atoms with E-state index in [4.69, 9.17) is 0 Å². The Morgan fingerprint density at radius 3 is 2.85 bits per heavy atom. The van der Waals surface area contributed by atoms with E-state index < -0.39 is 0 Å². The zero-order valence-electron chi connectivity index (χ0n) is 11.2. The van der Waals surface area contributed by atoms with Crippen LogP contribution in [-0.4, -0.2) is 23.2 Å². The lowest BCUT2D eigenvalue weighted by atomic mass is 10.1. The van der Waals surface area contributed by atoms with Crippen LogP contribution in [0.4, 0.5) is 0 Å². The number of rotatable bonds is 4. The van der Waals surface area contributed by atoms with Gasteiger partial charge in [-0.2, -0.15) is 0 Å². The van der Waals surface area contributed by atoms with Gasteiger partial charge in [-0.15, -0.1) is 0 Å². The van der Waals surface area contributed by atoms with Crippen molar-refractivity contribution in [3.63, 3.8) is 0 Å². The van der Waals surface area contributed by atoms with E-state index in [0.29, 0.717) is 5.25 Å². The SMILES string of the molecule is c1ccc(C2CN=C(NCCc3cccnc3)S2)cc1. The number of thioether (sulfide) groups is 1. The maximum atomic E-state index is 4.58. The highest BCUT2D eigenvalue weighted by atomic mass is 32.2. The number of nitrogens with zero attached hydrogens (tertiary/aromatic N) is 2. The van der Waals surface area contributed by atoms with Gasteiger partial charge in [0.2, 0.25) is 0 Å². The smallest absolute Gasteiger partial charge is 0.157 e. The molecule has 3 rings (SSSR count). The molecule has 0 saturated carbocycles. The van der Waals surface area contributed by atoms with Gasteiger partial charge in [0.15, 0.2) is 5.17 Å². The van der Waals surface area contributed by atoms with E-state index in [2.05, 4.69) is 51.7 Å². The Bertz CT molecular complexity index is 569. The summed E-state index contributed by atoms with van der Waals surface area (Å²) in [5.74, 6) is 0. The van der Waals surface area contributed by atoms with Crippen LogP contribution in [0.25, 0.3) is 0 Å². The van der Waals surface area contributed by atoms with Crippen LogP contribution >= 0.6 is 11.8 Å². The van der Waals surface area contributed by atoms with Crippen molar-refractivity contribution in [3.05, 3.63) is 66.0 Å². The van der Waals surface area contributed by atoms with E-state index in [0.717, 1.165) is 24.7 Å². The van der Waals surface area contributed by atoms with Crippen LogP contribution in [0.5, 0.6) is 0 Å².